The molecule has 1 rings (SSSR count). The predicted octanol–water partition coefficient (Wildman–Crippen LogP) is 1.49. The summed E-state index contributed by atoms with van der Waals surface area (Å²) in [5.41, 5.74) is 4.88. The minimum Gasteiger partial charge on any atom is -0.486 e. The van der Waals surface area contributed by atoms with Crippen LogP contribution in [-0.4, -0.2) is 23.4 Å². The highest BCUT2D eigenvalue weighted by Crippen LogP contribution is 2.26. The van der Waals surface area contributed by atoms with Gasteiger partial charge in [-0.3, -0.25) is 0 Å². The zero-order valence-electron chi connectivity index (χ0n) is 9.33. The van der Waals surface area contributed by atoms with E-state index in [0.717, 1.165) is 0 Å². The lowest BCUT2D eigenvalue weighted by Gasteiger charge is -2.28. The summed E-state index contributed by atoms with van der Waals surface area (Å²) in [5, 5.41) is 9.02. The molecule has 1 aliphatic carbocycles. The molecule has 3 nitrogen and oxygen atoms in total. The normalized spacial score (nSPS) is 27.1. The van der Waals surface area contributed by atoms with Gasteiger partial charge in [-0.2, -0.15) is 0 Å². The average Bonchev–Trinajstić information content (AvgIpc) is 2.13. The first-order valence-electron chi connectivity index (χ1n) is 5.00. The van der Waals surface area contributed by atoms with Gasteiger partial charge in [0.1, 0.15) is 17.2 Å². The average molecular weight is 215 g/mol. The molecule has 0 saturated carbocycles. The minimum atomic E-state index is -0.705. The van der Waals surface area contributed by atoms with Gasteiger partial charge in [0, 0.05) is 6.08 Å². The summed E-state index contributed by atoms with van der Waals surface area (Å²) in [5.74, 6) is -0.0472. The fraction of sp³-hybridized carbons (Fsp3) is 0.636. The SMILES string of the molecule is C[C@H]1C=C(OC(C)(C)CO)C=C(F)C1N. The van der Waals surface area contributed by atoms with Crippen LogP contribution in [-0.2, 0) is 4.74 Å². The lowest BCUT2D eigenvalue weighted by atomic mass is 9.96. The zero-order valence-corrected chi connectivity index (χ0v) is 9.33. The molecule has 0 aliphatic heterocycles. The van der Waals surface area contributed by atoms with Gasteiger partial charge in [-0.15, -0.1) is 0 Å². The van der Waals surface area contributed by atoms with Crippen molar-refractivity contribution in [1.29, 1.82) is 0 Å². The second kappa shape index (κ2) is 4.33. The summed E-state index contributed by atoms with van der Waals surface area (Å²) in [7, 11) is 0. The van der Waals surface area contributed by atoms with Gasteiger partial charge < -0.3 is 15.6 Å². The molecule has 15 heavy (non-hydrogen) atoms. The number of halogens is 1. The number of aliphatic hydroxyl groups is 1. The van der Waals surface area contributed by atoms with Crippen LogP contribution in [0.1, 0.15) is 20.8 Å². The predicted molar refractivity (Wildman–Crippen MR) is 56.7 cm³/mol. The topological polar surface area (TPSA) is 55.5 Å². The molecule has 0 radical (unpaired) electrons. The van der Waals surface area contributed by atoms with Gasteiger partial charge in [0.25, 0.3) is 0 Å². The Bertz CT molecular complexity index is 297. The van der Waals surface area contributed by atoms with Crippen molar-refractivity contribution < 1.29 is 14.2 Å². The Kier molecular flexibility index (Phi) is 3.52. The number of ether oxygens (including phenoxy) is 1. The van der Waals surface area contributed by atoms with Crippen molar-refractivity contribution in [2.75, 3.05) is 6.61 Å². The first-order valence-corrected chi connectivity index (χ1v) is 5.00. The van der Waals surface area contributed by atoms with Gasteiger partial charge in [0.2, 0.25) is 0 Å². The van der Waals surface area contributed by atoms with E-state index in [1.165, 1.54) is 6.08 Å². The summed E-state index contributed by atoms with van der Waals surface area (Å²) >= 11 is 0. The van der Waals surface area contributed by atoms with E-state index in [1.807, 2.05) is 6.92 Å². The highest BCUT2D eigenvalue weighted by atomic mass is 19.1. The molecule has 2 atom stereocenters. The van der Waals surface area contributed by atoms with E-state index in [2.05, 4.69) is 0 Å². The number of rotatable bonds is 3. The van der Waals surface area contributed by atoms with Gasteiger partial charge in [0.05, 0.1) is 12.6 Å². The van der Waals surface area contributed by atoms with Crippen molar-refractivity contribution in [2.45, 2.75) is 32.4 Å². The lowest BCUT2D eigenvalue weighted by molar-refractivity contribution is -0.00941. The van der Waals surface area contributed by atoms with Crippen molar-refractivity contribution in [3.63, 3.8) is 0 Å². The van der Waals surface area contributed by atoms with E-state index >= 15 is 0 Å². The number of allylic oxidation sites excluding steroid dienone is 1. The van der Waals surface area contributed by atoms with Crippen LogP contribution in [0.5, 0.6) is 0 Å². The van der Waals surface area contributed by atoms with Crippen LogP contribution >= 0.6 is 0 Å². The van der Waals surface area contributed by atoms with Crippen molar-refractivity contribution in [1.82, 2.24) is 0 Å². The molecule has 1 aliphatic rings. The molecule has 0 saturated heterocycles. The van der Waals surface area contributed by atoms with Crippen LogP contribution in [0.3, 0.4) is 0 Å². The molecule has 3 N–H and O–H groups in total. The fourth-order valence-corrected chi connectivity index (χ4v) is 1.31. The molecular formula is C11H18FNO2. The Morgan fingerprint density at radius 2 is 2.20 bits per heavy atom. The third kappa shape index (κ3) is 3.04. The van der Waals surface area contributed by atoms with Crippen molar-refractivity contribution >= 4 is 0 Å². The second-order valence-electron chi connectivity index (χ2n) is 4.50. The molecule has 4 heteroatoms. The van der Waals surface area contributed by atoms with Gasteiger partial charge >= 0.3 is 0 Å². The van der Waals surface area contributed by atoms with E-state index in [4.69, 9.17) is 15.6 Å². The van der Waals surface area contributed by atoms with Crippen LogP contribution in [0.15, 0.2) is 23.7 Å². The summed E-state index contributed by atoms with van der Waals surface area (Å²) in [6, 6.07) is -0.588. The third-order valence-electron chi connectivity index (χ3n) is 2.37. The van der Waals surface area contributed by atoms with E-state index in [-0.39, 0.29) is 18.4 Å². The molecule has 0 fully saturated rings. The first kappa shape index (κ1) is 12.2. The lowest BCUT2D eigenvalue weighted by Crippen LogP contribution is -2.33. The van der Waals surface area contributed by atoms with Crippen molar-refractivity contribution in [3.05, 3.63) is 23.7 Å². The maximum Gasteiger partial charge on any atom is 0.126 e. The Morgan fingerprint density at radius 3 is 2.67 bits per heavy atom. The molecule has 0 bridgehead atoms. The van der Waals surface area contributed by atoms with Crippen LogP contribution in [0.2, 0.25) is 0 Å². The summed E-state index contributed by atoms with van der Waals surface area (Å²) in [6.07, 6.45) is 3.05. The quantitative estimate of drug-likeness (QED) is 0.750. The van der Waals surface area contributed by atoms with Crippen molar-refractivity contribution in [3.8, 4) is 0 Å². The van der Waals surface area contributed by atoms with E-state index in [0.29, 0.717) is 5.76 Å². The smallest absolute Gasteiger partial charge is 0.126 e. The Balaban J connectivity index is 2.77. The number of hydrogen-bond acceptors (Lipinski definition) is 3. The maximum atomic E-state index is 13.3. The molecule has 86 valence electrons. The molecular weight excluding hydrogens is 197 g/mol. The third-order valence-corrected chi connectivity index (χ3v) is 2.37. The fourth-order valence-electron chi connectivity index (χ4n) is 1.31. The van der Waals surface area contributed by atoms with E-state index in [1.54, 1.807) is 19.9 Å². The summed E-state index contributed by atoms with van der Waals surface area (Å²) in [6.45, 7) is 5.17. The van der Waals surface area contributed by atoms with Crippen LogP contribution in [0.4, 0.5) is 4.39 Å². The monoisotopic (exact) mass is 215 g/mol. The van der Waals surface area contributed by atoms with Gasteiger partial charge in [-0.05, 0) is 25.8 Å². The second-order valence-corrected chi connectivity index (χ2v) is 4.50. The number of nitrogens with two attached hydrogens (primary N) is 1. The Morgan fingerprint density at radius 1 is 1.60 bits per heavy atom. The Hall–Kier alpha value is -0.870. The molecule has 0 aromatic carbocycles. The molecule has 1 unspecified atom stereocenters. The maximum absolute atomic E-state index is 13.3. The number of hydrogen-bond donors (Lipinski definition) is 2. The standard InChI is InChI=1S/C11H18FNO2/c1-7-4-8(5-9(12)10(7)13)15-11(2,3)6-14/h4-5,7,10,14H,6,13H2,1-3H3/t7-,10?/m0/s1. The highest BCUT2D eigenvalue weighted by Gasteiger charge is 2.25. The van der Waals surface area contributed by atoms with Gasteiger partial charge in [-0.25, -0.2) is 4.39 Å². The summed E-state index contributed by atoms with van der Waals surface area (Å²) < 4.78 is 18.8. The van der Waals surface area contributed by atoms with Gasteiger partial charge in [-0.1, -0.05) is 6.92 Å². The van der Waals surface area contributed by atoms with Crippen LogP contribution < -0.4 is 5.73 Å². The van der Waals surface area contributed by atoms with Crippen molar-refractivity contribution in [2.24, 2.45) is 11.7 Å². The van der Waals surface area contributed by atoms with Crippen LogP contribution in [0, 0.1) is 5.92 Å². The largest absolute Gasteiger partial charge is 0.486 e. The summed E-state index contributed by atoms with van der Waals surface area (Å²) in [4.78, 5) is 0. The van der Waals surface area contributed by atoms with E-state index in [9.17, 15) is 4.39 Å². The number of aliphatic hydroxyl groups excluding tert-OH is 1. The molecule has 0 spiro atoms. The van der Waals surface area contributed by atoms with Crippen LogP contribution in [0.25, 0.3) is 0 Å². The zero-order chi connectivity index (χ0) is 11.6. The molecule has 0 heterocycles. The van der Waals surface area contributed by atoms with Gasteiger partial charge in [0.15, 0.2) is 0 Å². The first-order chi connectivity index (χ1) is 6.85. The molecule has 0 aromatic rings. The van der Waals surface area contributed by atoms with E-state index < -0.39 is 11.6 Å². The molecule has 0 aromatic heterocycles. The Labute approximate surface area is 89.4 Å². The molecule has 0 amide bonds. The minimum absolute atomic E-state index is 0.0977. The highest BCUT2D eigenvalue weighted by molar-refractivity contribution is 5.26.